The van der Waals surface area contributed by atoms with E-state index in [1.54, 1.807) is 49.2 Å². The van der Waals surface area contributed by atoms with Crippen molar-refractivity contribution in [2.45, 2.75) is 96.0 Å². The van der Waals surface area contributed by atoms with Gasteiger partial charge in [-0.25, -0.2) is 19.0 Å². The number of hydrogen-bond donors (Lipinski definition) is 5. The minimum absolute atomic E-state index is 0.0200. The topological polar surface area (TPSA) is 207 Å². The lowest BCUT2D eigenvalue weighted by Gasteiger charge is -2.31. The van der Waals surface area contributed by atoms with E-state index in [4.69, 9.17) is 14.5 Å². The molecule has 3 aliphatic rings. The van der Waals surface area contributed by atoms with Crippen molar-refractivity contribution in [1.29, 1.82) is 0 Å². The Morgan fingerprint density at radius 2 is 1.53 bits per heavy atom. The Morgan fingerprint density at radius 1 is 0.897 bits per heavy atom. The molecule has 5 aromatic rings. The number of rotatable bonds is 17. The van der Waals surface area contributed by atoms with E-state index in [-0.39, 0.29) is 48.8 Å². The fourth-order valence-corrected chi connectivity index (χ4v) is 10.9. The first-order valence-electron chi connectivity index (χ1n) is 22.5. The van der Waals surface area contributed by atoms with Gasteiger partial charge >= 0.3 is 12.1 Å². The molecular formula is C50H53FN6O9S2. The van der Waals surface area contributed by atoms with Gasteiger partial charge in [0.25, 0.3) is 5.56 Å². The Balaban J connectivity index is 0.765. The van der Waals surface area contributed by atoms with Gasteiger partial charge in [0, 0.05) is 34.3 Å². The first-order valence-corrected chi connectivity index (χ1v) is 24.9. The van der Waals surface area contributed by atoms with E-state index in [2.05, 4.69) is 21.3 Å². The molecular weight excluding hydrogens is 912 g/mol. The lowest BCUT2D eigenvalue weighted by Crippen LogP contribution is -2.54. The Bertz CT molecular complexity index is 2870. The third kappa shape index (κ3) is 9.45. The maximum atomic E-state index is 14.9. The molecule has 0 saturated carbocycles. The average Bonchev–Trinajstić information content (AvgIpc) is 3.86. The van der Waals surface area contributed by atoms with Crippen LogP contribution in [0, 0.1) is 12.7 Å². The highest BCUT2D eigenvalue weighted by Crippen LogP contribution is 2.45. The molecule has 18 heteroatoms. The van der Waals surface area contributed by atoms with Crippen LogP contribution in [0.15, 0.2) is 71.5 Å². The molecule has 4 heterocycles. The quantitative estimate of drug-likeness (QED) is 0.0412. The highest BCUT2D eigenvalue weighted by atomic mass is 32.2. The number of fused-ring (bicyclic) bond motifs is 8. The number of esters is 1. The summed E-state index contributed by atoms with van der Waals surface area (Å²) < 4.78 is 27.2. The van der Waals surface area contributed by atoms with Gasteiger partial charge in [0.05, 0.1) is 34.9 Å². The summed E-state index contributed by atoms with van der Waals surface area (Å²) in [5, 5.41) is 22.6. The van der Waals surface area contributed by atoms with Gasteiger partial charge in [0.2, 0.25) is 17.7 Å². The van der Waals surface area contributed by atoms with Crippen LogP contribution in [0.2, 0.25) is 0 Å². The highest BCUT2D eigenvalue weighted by Gasteiger charge is 2.45. The second-order valence-electron chi connectivity index (χ2n) is 17.3. The van der Waals surface area contributed by atoms with Crippen LogP contribution in [0.25, 0.3) is 33.4 Å². The van der Waals surface area contributed by atoms with Crippen molar-refractivity contribution in [1.82, 2.24) is 30.8 Å². The molecule has 4 amide bonds. The van der Waals surface area contributed by atoms with E-state index < -0.39 is 59.3 Å². The zero-order valence-electron chi connectivity index (χ0n) is 38.3. The van der Waals surface area contributed by atoms with Crippen molar-refractivity contribution in [2.24, 2.45) is 0 Å². The summed E-state index contributed by atoms with van der Waals surface area (Å²) in [6.45, 7) is 7.93. The first-order chi connectivity index (χ1) is 32.6. The van der Waals surface area contributed by atoms with E-state index in [9.17, 15) is 38.3 Å². The second kappa shape index (κ2) is 20.2. The number of pyridine rings is 2. The van der Waals surface area contributed by atoms with Crippen LogP contribution in [0.3, 0.4) is 0 Å². The number of aliphatic hydroxyl groups is 1. The van der Waals surface area contributed by atoms with Crippen LogP contribution in [-0.4, -0.2) is 86.6 Å². The van der Waals surface area contributed by atoms with E-state index in [0.29, 0.717) is 34.1 Å². The summed E-state index contributed by atoms with van der Waals surface area (Å²) in [5.74, 6) is -0.554. The van der Waals surface area contributed by atoms with Crippen molar-refractivity contribution >= 4 is 64.2 Å². The number of halogens is 1. The fourth-order valence-electron chi connectivity index (χ4n) is 8.93. The number of ether oxygens (including phenoxy) is 2. The normalized spacial score (nSPS) is 16.8. The summed E-state index contributed by atoms with van der Waals surface area (Å²) in [7, 11) is 0. The lowest BCUT2D eigenvalue weighted by atomic mass is 9.86. The van der Waals surface area contributed by atoms with Gasteiger partial charge in [-0.05, 0) is 97.6 Å². The number of thioether (sulfide) groups is 2. The van der Waals surface area contributed by atoms with Gasteiger partial charge in [0.1, 0.15) is 37.2 Å². The third-order valence-electron chi connectivity index (χ3n) is 12.8. The number of carbonyl (C=O) groups is 5. The maximum Gasteiger partial charge on any atom is 0.407 e. The standard InChI is InChI=1S/C50H53FN6O9S2/c1-6-50(64)39-19-42-43-35(21-57(42)47(61)37(39)23-65-48(50)62)38(34-18-26(2)40(51)20-41(34)56-43)24-67-16-11-17-68-25-52-44(58)27(3)53-45(59)28(4)54-46(60)29(5)55-49(63)66-22-36-32-14-9-7-12-30(32)31-13-8-10-15-33(31)36/h7-10,12-15,18-20,27-29,36,64H,6,11,16-17,21-25H2,1-5H3,(H,52,58)(H,53,59)(H,54,60)(H,55,63)/t27-,28-,29-,50+/m1/s1. The molecule has 1 aliphatic carbocycles. The van der Waals surface area contributed by atoms with Crippen molar-refractivity contribution in [2.75, 3.05) is 24.0 Å². The smallest absolute Gasteiger partial charge is 0.407 e. The molecule has 0 unspecified atom stereocenters. The number of aryl methyl sites for hydroxylation is 1. The third-order valence-corrected chi connectivity index (χ3v) is 14.8. The molecule has 0 radical (unpaired) electrons. The Labute approximate surface area is 400 Å². The van der Waals surface area contributed by atoms with E-state index in [0.717, 1.165) is 56.7 Å². The molecule has 0 spiro atoms. The van der Waals surface area contributed by atoms with Crippen LogP contribution in [0.5, 0.6) is 0 Å². The number of nitrogens with zero attached hydrogens (tertiary/aromatic N) is 2. The van der Waals surface area contributed by atoms with Gasteiger partial charge in [-0.15, -0.1) is 11.8 Å². The highest BCUT2D eigenvalue weighted by molar-refractivity contribution is 7.99. The predicted molar refractivity (Wildman–Crippen MR) is 258 cm³/mol. The summed E-state index contributed by atoms with van der Waals surface area (Å²) in [5.41, 5.74) is 6.08. The average molecular weight is 965 g/mol. The second-order valence-corrected chi connectivity index (χ2v) is 19.5. The largest absolute Gasteiger partial charge is 0.458 e. The molecule has 3 aromatic carbocycles. The zero-order chi connectivity index (χ0) is 48.4. The molecule has 4 atom stereocenters. The summed E-state index contributed by atoms with van der Waals surface area (Å²) >= 11 is 3.20. The van der Waals surface area contributed by atoms with Crippen LogP contribution in [0.4, 0.5) is 9.18 Å². The number of cyclic esters (lactones) is 1. The van der Waals surface area contributed by atoms with Crippen molar-refractivity contribution in [3.63, 3.8) is 0 Å². The van der Waals surface area contributed by atoms with Crippen molar-refractivity contribution in [3.05, 3.63) is 122 Å². The van der Waals surface area contributed by atoms with Gasteiger partial charge < -0.3 is 40.4 Å². The van der Waals surface area contributed by atoms with E-state index in [1.165, 1.54) is 31.7 Å². The number of alkyl carbamates (subject to hydrolysis) is 1. The molecule has 2 aliphatic heterocycles. The van der Waals surface area contributed by atoms with E-state index in [1.807, 2.05) is 48.5 Å². The van der Waals surface area contributed by atoms with Crippen molar-refractivity contribution in [3.8, 4) is 22.5 Å². The molecule has 2 aromatic heterocycles. The molecule has 68 heavy (non-hydrogen) atoms. The van der Waals surface area contributed by atoms with E-state index >= 15 is 0 Å². The number of aromatic nitrogens is 2. The van der Waals surface area contributed by atoms with Crippen LogP contribution in [-0.2, 0) is 53.2 Å². The SMILES string of the molecule is CC[C@@]1(O)C(=O)OCc2c1cc1n(c2=O)Cc2c-1nc1cc(F)c(C)cc1c2CSCCCSCNC(=O)[C@@H](C)NC(=O)[C@@H](C)NC(=O)[C@@H](C)NC(=O)OCC1c2ccccc2-c2ccccc21. The predicted octanol–water partition coefficient (Wildman–Crippen LogP) is 5.89. The summed E-state index contributed by atoms with van der Waals surface area (Å²) in [6, 6.07) is 17.9. The molecule has 5 N–H and O–H groups in total. The number of carbonyl (C=O) groups excluding carboxylic acids is 5. The zero-order valence-corrected chi connectivity index (χ0v) is 40.0. The molecule has 0 saturated heterocycles. The van der Waals surface area contributed by atoms with Gasteiger partial charge in [-0.3, -0.25) is 19.2 Å². The maximum absolute atomic E-state index is 14.9. The van der Waals surface area contributed by atoms with Gasteiger partial charge in [-0.2, -0.15) is 11.8 Å². The van der Waals surface area contributed by atoms with Crippen LogP contribution in [0.1, 0.15) is 85.4 Å². The lowest BCUT2D eigenvalue weighted by molar-refractivity contribution is -0.172. The summed E-state index contributed by atoms with van der Waals surface area (Å²) in [4.78, 5) is 82.7. The number of nitrogens with one attached hydrogen (secondary N) is 4. The van der Waals surface area contributed by atoms with Gasteiger partial charge in [0.15, 0.2) is 5.60 Å². The van der Waals surface area contributed by atoms with Crippen LogP contribution >= 0.6 is 23.5 Å². The minimum Gasteiger partial charge on any atom is -0.458 e. The Morgan fingerprint density at radius 3 is 2.21 bits per heavy atom. The number of benzene rings is 3. The molecule has 15 nitrogen and oxygen atoms in total. The molecule has 0 fully saturated rings. The van der Waals surface area contributed by atoms with Crippen LogP contribution < -0.4 is 26.8 Å². The van der Waals surface area contributed by atoms with Crippen molar-refractivity contribution < 1.29 is 42.9 Å². The van der Waals surface area contributed by atoms with Gasteiger partial charge in [-0.1, -0.05) is 55.5 Å². The molecule has 356 valence electrons. The Kier molecular flexibility index (Phi) is 14.3. The fraction of sp³-hybridized carbons (Fsp3) is 0.380. The molecule has 8 rings (SSSR count). The molecule has 0 bridgehead atoms. The number of hydrogen-bond acceptors (Lipinski definition) is 12. The summed E-state index contributed by atoms with van der Waals surface area (Å²) in [6.07, 6.45) is 0.0597. The minimum atomic E-state index is -1.96. The monoisotopic (exact) mass is 964 g/mol. The Hall–Kier alpha value is -6.24. The number of amides is 4. The first kappa shape index (κ1) is 48.2.